The number of hydrogen-bond donors (Lipinski definition) is 1. The molecular formula is C17H21NO5. The average molecular weight is 319 g/mol. The van der Waals surface area contributed by atoms with Crippen LogP contribution in [0.15, 0.2) is 24.3 Å². The molecule has 1 amide bonds. The fourth-order valence-corrected chi connectivity index (χ4v) is 2.62. The Balaban J connectivity index is 2.00. The minimum Gasteiger partial charge on any atom is -0.492 e. The summed E-state index contributed by atoms with van der Waals surface area (Å²) >= 11 is 0. The first-order valence-electron chi connectivity index (χ1n) is 7.57. The second-order valence-corrected chi connectivity index (χ2v) is 6.35. The van der Waals surface area contributed by atoms with Crippen molar-refractivity contribution >= 4 is 18.2 Å². The zero-order valence-corrected chi connectivity index (χ0v) is 13.3. The second-order valence-electron chi connectivity index (χ2n) is 6.35. The fraction of sp³-hybridized carbons (Fsp3) is 0.471. The molecule has 0 saturated carbocycles. The average Bonchev–Trinajstić information content (AvgIpc) is 3.02. The van der Waals surface area contributed by atoms with Crippen molar-refractivity contribution in [2.45, 2.75) is 32.7 Å². The van der Waals surface area contributed by atoms with Crippen molar-refractivity contribution in [1.82, 2.24) is 4.90 Å². The number of carboxylic acid groups (broad SMARTS) is 1. The highest BCUT2D eigenvalue weighted by Crippen LogP contribution is 2.27. The van der Waals surface area contributed by atoms with Crippen LogP contribution in [0, 0.1) is 5.41 Å². The van der Waals surface area contributed by atoms with E-state index in [4.69, 9.17) is 4.74 Å². The van der Waals surface area contributed by atoms with Gasteiger partial charge < -0.3 is 14.7 Å². The van der Waals surface area contributed by atoms with Gasteiger partial charge in [-0.1, -0.05) is 0 Å². The summed E-state index contributed by atoms with van der Waals surface area (Å²) in [7, 11) is 0. The quantitative estimate of drug-likeness (QED) is 0.811. The predicted molar refractivity (Wildman–Crippen MR) is 83.5 cm³/mol. The third-order valence-electron chi connectivity index (χ3n) is 3.99. The Morgan fingerprint density at radius 1 is 1.35 bits per heavy atom. The van der Waals surface area contributed by atoms with Gasteiger partial charge in [0.25, 0.3) is 0 Å². The summed E-state index contributed by atoms with van der Waals surface area (Å²) in [6.07, 6.45) is 1.94. The van der Waals surface area contributed by atoms with Gasteiger partial charge in [-0.3, -0.25) is 9.59 Å². The molecule has 1 atom stereocenters. The van der Waals surface area contributed by atoms with Gasteiger partial charge >= 0.3 is 5.97 Å². The van der Waals surface area contributed by atoms with Crippen LogP contribution >= 0.6 is 0 Å². The van der Waals surface area contributed by atoms with E-state index in [1.54, 1.807) is 38.1 Å². The first kappa shape index (κ1) is 17.0. The van der Waals surface area contributed by atoms with E-state index in [2.05, 4.69) is 0 Å². The molecule has 2 rings (SSSR count). The molecule has 6 heteroatoms. The normalized spacial score (nSPS) is 17.8. The van der Waals surface area contributed by atoms with Gasteiger partial charge in [-0.2, -0.15) is 0 Å². The van der Waals surface area contributed by atoms with E-state index in [1.165, 1.54) is 4.90 Å². The second kappa shape index (κ2) is 6.81. The van der Waals surface area contributed by atoms with Gasteiger partial charge in [-0.05, 0) is 51.0 Å². The highest BCUT2D eigenvalue weighted by atomic mass is 16.5. The van der Waals surface area contributed by atoms with Crippen LogP contribution in [0.25, 0.3) is 0 Å². The summed E-state index contributed by atoms with van der Waals surface area (Å²) in [5.41, 5.74) is -0.282. The number of likely N-dealkylation sites (tertiary alicyclic amines) is 1. The summed E-state index contributed by atoms with van der Waals surface area (Å²) in [6.45, 7) is 4.08. The molecule has 1 aliphatic heterocycles. The number of hydrogen-bond acceptors (Lipinski definition) is 4. The molecule has 1 unspecified atom stereocenters. The molecule has 0 aromatic heterocycles. The van der Waals surface area contributed by atoms with Gasteiger partial charge in [-0.15, -0.1) is 0 Å². The Hall–Kier alpha value is -2.37. The van der Waals surface area contributed by atoms with E-state index in [0.717, 1.165) is 6.29 Å². The van der Waals surface area contributed by atoms with Gasteiger partial charge in [0.15, 0.2) is 0 Å². The SMILES string of the molecule is CC(C)(COc1ccc(C=O)cc1)C(=O)N1CCCC1C(=O)O. The molecule has 1 saturated heterocycles. The van der Waals surface area contributed by atoms with E-state index < -0.39 is 17.4 Å². The van der Waals surface area contributed by atoms with E-state index in [0.29, 0.717) is 30.7 Å². The summed E-state index contributed by atoms with van der Waals surface area (Å²) in [4.78, 5) is 35.9. The Kier molecular flexibility index (Phi) is 5.03. The topological polar surface area (TPSA) is 83.9 Å². The largest absolute Gasteiger partial charge is 0.492 e. The van der Waals surface area contributed by atoms with Crippen molar-refractivity contribution in [3.63, 3.8) is 0 Å². The Labute approximate surface area is 135 Å². The number of rotatable bonds is 6. The number of carbonyl (C=O) groups is 3. The maximum Gasteiger partial charge on any atom is 0.326 e. The smallest absolute Gasteiger partial charge is 0.326 e. The van der Waals surface area contributed by atoms with E-state index in [-0.39, 0.29) is 12.5 Å². The summed E-state index contributed by atoms with van der Waals surface area (Å²) in [6, 6.07) is 5.87. The molecule has 1 aliphatic rings. The minimum atomic E-state index is -0.961. The predicted octanol–water partition coefficient (Wildman–Crippen LogP) is 1.98. The zero-order valence-electron chi connectivity index (χ0n) is 13.3. The van der Waals surface area contributed by atoms with E-state index in [9.17, 15) is 19.5 Å². The number of amides is 1. The van der Waals surface area contributed by atoms with Crippen molar-refractivity contribution in [2.75, 3.05) is 13.2 Å². The van der Waals surface area contributed by atoms with Gasteiger partial charge in [0, 0.05) is 12.1 Å². The lowest BCUT2D eigenvalue weighted by atomic mass is 9.92. The Bertz CT molecular complexity index is 594. The van der Waals surface area contributed by atoms with Crippen LogP contribution in [0.3, 0.4) is 0 Å². The van der Waals surface area contributed by atoms with Crippen molar-refractivity contribution < 1.29 is 24.2 Å². The number of nitrogens with zero attached hydrogens (tertiary/aromatic N) is 1. The van der Waals surface area contributed by atoms with Crippen molar-refractivity contribution in [3.05, 3.63) is 29.8 Å². The lowest BCUT2D eigenvalue weighted by molar-refractivity contribution is -0.153. The van der Waals surface area contributed by atoms with Crippen molar-refractivity contribution in [2.24, 2.45) is 5.41 Å². The van der Waals surface area contributed by atoms with E-state index in [1.807, 2.05) is 0 Å². The highest BCUT2D eigenvalue weighted by Gasteiger charge is 2.41. The summed E-state index contributed by atoms with van der Waals surface area (Å²) in [5.74, 6) is -0.614. The number of benzene rings is 1. The first-order valence-corrected chi connectivity index (χ1v) is 7.57. The Morgan fingerprint density at radius 3 is 2.57 bits per heavy atom. The molecule has 1 aromatic carbocycles. The van der Waals surface area contributed by atoms with Crippen LogP contribution in [-0.2, 0) is 9.59 Å². The first-order chi connectivity index (χ1) is 10.8. The molecule has 1 heterocycles. The van der Waals surface area contributed by atoms with E-state index >= 15 is 0 Å². The van der Waals surface area contributed by atoms with Crippen LogP contribution in [0.2, 0.25) is 0 Å². The molecule has 0 radical (unpaired) electrons. The van der Waals surface area contributed by atoms with Crippen LogP contribution in [0.4, 0.5) is 0 Å². The van der Waals surface area contributed by atoms with Gasteiger partial charge in [0.1, 0.15) is 24.7 Å². The maximum atomic E-state index is 12.6. The van der Waals surface area contributed by atoms with Gasteiger partial charge in [0.2, 0.25) is 5.91 Å². The maximum absolute atomic E-state index is 12.6. The molecule has 1 fully saturated rings. The molecular weight excluding hydrogens is 298 g/mol. The fourth-order valence-electron chi connectivity index (χ4n) is 2.62. The molecule has 1 aromatic rings. The lowest BCUT2D eigenvalue weighted by Crippen LogP contribution is -2.48. The molecule has 0 spiro atoms. The van der Waals surface area contributed by atoms with Crippen LogP contribution in [0.5, 0.6) is 5.75 Å². The third-order valence-corrected chi connectivity index (χ3v) is 3.99. The minimum absolute atomic E-state index is 0.134. The molecule has 0 aliphatic carbocycles. The molecule has 6 nitrogen and oxygen atoms in total. The van der Waals surface area contributed by atoms with Crippen molar-refractivity contribution in [3.8, 4) is 5.75 Å². The lowest BCUT2D eigenvalue weighted by Gasteiger charge is -2.31. The van der Waals surface area contributed by atoms with Gasteiger partial charge in [-0.25, -0.2) is 4.79 Å². The van der Waals surface area contributed by atoms with Gasteiger partial charge in [0.05, 0.1) is 5.41 Å². The monoisotopic (exact) mass is 319 g/mol. The number of aliphatic carboxylic acids is 1. The highest BCUT2D eigenvalue weighted by molar-refractivity contribution is 5.87. The van der Waals surface area contributed by atoms with Crippen molar-refractivity contribution in [1.29, 1.82) is 0 Å². The summed E-state index contributed by atoms with van der Waals surface area (Å²) in [5, 5.41) is 9.20. The van der Waals surface area contributed by atoms with Crippen LogP contribution in [0.1, 0.15) is 37.0 Å². The summed E-state index contributed by atoms with van der Waals surface area (Å²) < 4.78 is 5.64. The number of ether oxygens (including phenoxy) is 1. The van der Waals surface area contributed by atoms with Crippen LogP contribution in [-0.4, -0.2) is 47.4 Å². The molecule has 124 valence electrons. The third kappa shape index (κ3) is 3.88. The number of aldehydes is 1. The molecule has 23 heavy (non-hydrogen) atoms. The zero-order chi connectivity index (χ0) is 17.0. The van der Waals surface area contributed by atoms with Crippen LogP contribution < -0.4 is 4.74 Å². The standard InChI is InChI=1S/C17H21NO5/c1-17(2,11-23-13-7-5-12(10-19)6-8-13)16(22)18-9-3-4-14(18)15(20)21/h5-8,10,14H,3-4,9,11H2,1-2H3,(H,20,21). The number of carbonyl (C=O) groups excluding carboxylic acids is 2. The molecule has 1 N–H and O–H groups in total. The Morgan fingerprint density at radius 2 is 2.00 bits per heavy atom. The molecule has 0 bridgehead atoms. The number of carboxylic acids is 1.